The summed E-state index contributed by atoms with van der Waals surface area (Å²) in [4.78, 5) is 23.8. The van der Waals surface area contributed by atoms with Crippen LogP contribution < -0.4 is 21.5 Å². The van der Waals surface area contributed by atoms with Crippen LogP contribution in [-0.2, 0) is 4.74 Å². The Balaban J connectivity index is 0.000000754. The van der Waals surface area contributed by atoms with Crippen molar-refractivity contribution in [3.05, 3.63) is 83.6 Å². The Kier molecular flexibility index (Phi) is 17.0. The molecule has 0 bridgehead atoms. The Hall–Kier alpha value is -4.28. The second-order valence-corrected chi connectivity index (χ2v) is 10.3. The van der Waals surface area contributed by atoms with Gasteiger partial charge in [-0.15, -0.1) is 6.58 Å². The lowest BCUT2D eigenvalue weighted by Gasteiger charge is -2.14. The largest absolute Gasteiger partial charge is 0.495 e. The normalized spacial score (nSPS) is 12.6. The number of methoxy groups -OCH3 is 2. The summed E-state index contributed by atoms with van der Waals surface area (Å²) >= 11 is 0. The maximum atomic E-state index is 12.7. The number of rotatable bonds is 12. The smallest absolute Gasteiger partial charge is 0.272 e. The van der Waals surface area contributed by atoms with Gasteiger partial charge in [0.05, 0.1) is 35.9 Å². The van der Waals surface area contributed by atoms with E-state index in [1.807, 2.05) is 19.1 Å². The second-order valence-electron chi connectivity index (χ2n) is 10.3. The molecule has 0 fully saturated rings. The number of amides is 1. The molecule has 0 saturated heterocycles. The van der Waals surface area contributed by atoms with E-state index in [-0.39, 0.29) is 23.5 Å². The van der Waals surface area contributed by atoms with Gasteiger partial charge in [-0.2, -0.15) is 0 Å². The highest BCUT2D eigenvalue weighted by Crippen LogP contribution is 2.28. The lowest BCUT2D eigenvalue weighted by atomic mass is 9.92. The third kappa shape index (κ3) is 11.4. The summed E-state index contributed by atoms with van der Waals surface area (Å²) in [7, 11) is 3.09. The van der Waals surface area contributed by atoms with Crippen molar-refractivity contribution in [2.45, 2.75) is 60.5 Å². The van der Waals surface area contributed by atoms with E-state index in [0.717, 1.165) is 23.9 Å². The van der Waals surface area contributed by atoms with E-state index in [9.17, 15) is 4.79 Å². The van der Waals surface area contributed by atoms with Crippen molar-refractivity contribution in [1.29, 1.82) is 5.41 Å². The van der Waals surface area contributed by atoms with Crippen molar-refractivity contribution in [3.63, 3.8) is 0 Å². The zero-order valence-electron chi connectivity index (χ0n) is 27.5. The maximum absolute atomic E-state index is 12.7. The zero-order valence-corrected chi connectivity index (χ0v) is 27.5. The molecule has 1 aromatic carbocycles. The fourth-order valence-electron chi connectivity index (χ4n) is 3.99. The van der Waals surface area contributed by atoms with E-state index in [0.29, 0.717) is 34.0 Å². The van der Waals surface area contributed by atoms with Gasteiger partial charge in [-0.25, -0.2) is 9.97 Å². The number of aromatic nitrogens is 3. The number of benzene rings is 1. The van der Waals surface area contributed by atoms with Gasteiger partial charge in [-0.05, 0) is 49.1 Å². The first-order chi connectivity index (χ1) is 21.0. The van der Waals surface area contributed by atoms with Crippen LogP contribution in [0.3, 0.4) is 0 Å². The minimum atomic E-state index is -0.334. The minimum Gasteiger partial charge on any atom is -0.495 e. The highest BCUT2D eigenvalue weighted by molar-refractivity contribution is 6.14. The first-order valence-electron chi connectivity index (χ1n) is 14.9. The lowest BCUT2D eigenvalue weighted by molar-refractivity contribution is 0.102. The van der Waals surface area contributed by atoms with E-state index in [1.54, 1.807) is 50.6 Å². The Bertz CT molecular complexity index is 1340. The summed E-state index contributed by atoms with van der Waals surface area (Å²) in [6.07, 6.45) is 10.9. The molecule has 1 amide bonds. The van der Waals surface area contributed by atoms with Gasteiger partial charge in [0.1, 0.15) is 23.6 Å². The van der Waals surface area contributed by atoms with Crippen LogP contribution >= 0.6 is 0 Å². The van der Waals surface area contributed by atoms with Crippen LogP contribution in [-0.4, -0.2) is 53.4 Å². The average molecular weight is 606 g/mol. The number of aryl methyl sites for hydroxylation is 1. The number of aromatic amines is 1. The third-order valence-electron chi connectivity index (χ3n) is 7.25. The monoisotopic (exact) mass is 605 g/mol. The molecule has 0 aliphatic rings. The summed E-state index contributed by atoms with van der Waals surface area (Å²) in [5, 5.41) is 11.4. The summed E-state index contributed by atoms with van der Waals surface area (Å²) in [6.45, 7) is 17.3. The number of ether oxygens (including phenoxy) is 2. The predicted molar refractivity (Wildman–Crippen MR) is 183 cm³/mol. The molecular formula is C34H51N7O3. The van der Waals surface area contributed by atoms with Crippen molar-refractivity contribution in [2.24, 2.45) is 17.6 Å². The topological polar surface area (TPSA) is 165 Å². The van der Waals surface area contributed by atoms with Gasteiger partial charge in [0.25, 0.3) is 5.91 Å². The van der Waals surface area contributed by atoms with E-state index in [4.69, 9.17) is 26.4 Å². The molecule has 2 heterocycles. The van der Waals surface area contributed by atoms with E-state index < -0.39 is 0 Å². The van der Waals surface area contributed by atoms with Gasteiger partial charge < -0.3 is 31.2 Å². The van der Waals surface area contributed by atoms with Crippen molar-refractivity contribution in [1.82, 2.24) is 15.0 Å². The molecule has 2 unspecified atom stereocenters. The molecule has 2 aromatic heterocycles. The van der Waals surface area contributed by atoms with Crippen LogP contribution in [0.25, 0.3) is 6.08 Å². The zero-order chi connectivity index (χ0) is 33.2. The number of carbonyl (C=O) groups excluding carboxylic acids is 1. The summed E-state index contributed by atoms with van der Waals surface area (Å²) < 4.78 is 10.7. The van der Waals surface area contributed by atoms with Gasteiger partial charge in [0, 0.05) is 18.9 Å². The van der Waals surface area contributed by atoms with Crippen LogP contribution in [0.5, 0.6) is 5.75 Å². The molecule has 10 heteroatoms. The number of carbonyl (C=O) groups is 1. The number of anilines is 2. The highest BCUT2D eigenvalue weighted by atomic mass is 16.5. The first kappa shape index (κ1) is 37.7. The number of nitrogens with one attached hydrogen (secondary N) is 3. The fourth-order valence-corrected chi connectivity index (χ4v) is 3.99. The Labute approximate surface area is 262 Å². The molecule has 0 aliphatic heterocycles. The number of hydrogen-bond acceptors (Lipinski definition) is 8. The van der Waals surface area contributed by atoms with Gasteiger partial charge in [-0.3, -0.25) is 10.2 Å². The molecular weight excluding hydrogens is 554 g/mol. The quantitative estimate of drug-likeness (QED) is 0.114. The van der Waals surface area contributed by atoms with Gasteiger partial charge in [0.2, 0.25) is 0 Å². The van der Waals surface area contributed by atoms with Crippen molar-refractivity contribution < 1.29 is 14.3 Å². The minimum absolute atomic E-state index is 0.163. The van der Waals surface area contributed by atoms with Crippen LogP contribution in [0.2, 0.25) is 0 Å². The molecule has 3 aromatic rings. The van der Waals surface area contributed by atoms with Gasteiger partial charge >= 0.3 is 0 Å². The molecule has 240 valence electrons. The van der Waals surface area contributed by atoms with Crippen molar-refractivity contribution in [2.75, 3.05) is 31.8 Å². The molecule has 0 spiro atoms. The van der Waals surface area contributed by atoms with Gasteiger partial charge in [-0.1, -0.05) is 71.8 Å². The van der Waals surface area contributed by atoms with Crippen molar-refractivity contribution >= 4 is 29.2 Å². The molecule has 0 saturated carbocycles. The SMILES string of the molecule is C=CC(C=Cc1c[nH]c(C(=O)Nc2ccc(C(=N)c3c(C)ncnc3N)cc2OC)c1)OC.CCC(C)[C@H](C)CC.CCN. The maximum Gasteiger partial charge on any atom is 0.272 e. The predicted octanol–water partition coefficient (Wildman–Crippen LogP) is 6.63. The highest BCUT2D eigenvalue weighted by Gasteiger charge is 2.17. The second kappa shape index (κ2) is 19.8. The third-order valence-corrected chi connectivity index (χ3v) is 7.25. The number of nitrogens with zero attached hydrogens (tertiary/aromatic N) is 2. The molecule has 0 radical (unpaired) electrons. The lowest BCUT2D eigenvalue weighted by Crippen LogP contribution is -2.14. The molecule has 3 atom stereocenters. The Morgan fingerprint density at radius 1 is 1.14 bits per heavy atom. The summed E-state index contributed by atoms with van der Waals surface area (Å²) in [5.41, 5.74) is 14.2. The molecule has 7 N–H and O–H groups in total. The molecule has 3 rings (SSSR count). The summed E-state index contributed by atoms with van der Waals surface area (Å²) in [6, 6.07) is 6.76. The first-order valence-corrected chi connectivity index (χ1v) is 14.9. The summed E-state index contributed by atoms with van der Waals surface area (Å²) in [5.74, 6) is 2.13. The standard InChI is InChI=1S/C24H26N6O3.C8H18.C2H7N/c1-5-17(32-3)8-6-15-10-19(27-12-15)24(31)30-18-9-7-16(11-20(18)33-4)22(25)21-14(2)28-13-29-23(21)26;1-5-7(3)8(4)6-2;1-2-3/h5-13,17,25,27H,1H2,2-4H3,(H,30,31)(H2,26,28,29);7-8H,5-6H2,1-4H3;2-3H2,1H3/t;7-,8?;/m.1./s1. The van der Waals surface area contributed by atoms with Gasteiger partial charge in [0.15, 0.2) is 0 Å². The molecule has 10 nitrogen and oxygen atoms in total. The molecule has 0 aliphatic carbocycles. The molecule has 44 heavy (non-hydrogen) atoms. The van der Waals surface area contributed by atoms with Crippen LogP contribution in [0.1, 0.15) is 80.3 Å². The Morgan fingerprint density at radius 2 is 1.77 bits per heavy atom. The van der Waals surface area contributed by atoms with E-state index in [1.165, 1.54) is 26.3 Å². The van der Waals surface area contributed by atoms with Crippen LogP contribution in [0, 0.1) is 24.2 Å². The van der Waals surface area contributed by atoms with E-state index >= 15 is 0 Å². The Morgan fingerprint density at radius 3 is 2.30 bits per heavy atom. The van der Waals surface area contributed by atoms with Crippen molar-refractivity contribution in [3.8, 4) is 5.75 Å². The number of H-pyrrole nitrogens is 1. The van der Waals surface area contributed by atoms with Crippen LogP contribution in [0.4, 0.5) is 11.5 Å². The average Bonchev–Trinajstić information content (AvgIpc) is 3.50. The fraction of sp³-hybridized carbons (Fsp3) is 0.412. The van der Waals surface area contributed by atoms with Crippen LogP contribution in [0.15, 0.2) is 55.5 Å². The number of nitrogens with two attached hydrogens (primary N) is 2. The number of hydrogen-bond donors (Lipinski definition) is 5. The number of nitrogen functional groups attached to an aromatic ring is 1. The van der Waals surface area contributed by atoms with E-state index in [2.05, 4.69) is 54.5 Å².